The lowest BCUT2D eigenvalue weighted by molar-refractivity contribution is 0.485. The number of hydrogen-bond acceptors (Lipinski definition) is 3. The normalized spacial score (nSPS) is 10.3. The molecule has 0 N–H and O–H groups in total. The number of hydrogen-bond donors (Lipinski definition) is 0. The maximum atomic E-state index is 9.21. The van der Waals surface area contributed by atoms with Gasteiger partial charge >= 0.3 is 0 Å². The summed E-state index contributed by atoms with van der Waals surface area (Å²) in [6.07, 6.45) is 1.69. The minimum absolute atomic E-state index is 0.494. The van der Waals surface area contributed by atoms with Crippen LogP contribution in [-0.2, 0) is 0 Å². The predicted octanol–water partition coefficient (Wildman–Crippen LogP) is 4.86. The monoisotopic (exact) mass is 294 g/mol. The summed E-state index contributed by atoms with van der Waals surface area (Å²) in [5.41, 5.74) is 2.18. The second-order valence-corrected chi connectivity index (χ2v) is 5.07. The number of nitriles is 1. The van der Waals surface area contributed by atoms with E-state index in [4.69, 9.17) is 16.3 Å². The molecule has 0 aliphatic carbocycles. The molecule has 0 aliphatic heterocycles. The van der Waals surface area contributed by atoms with Crippen molar-refractivity contribution in [3.8, 4) is 17.6 Å². The zero-order valence-corrected chi connectivity index (χ0v) is 12.1. The molecule has 4 heteroatoms. The highest BCUT2D eigenvalue weighted by molar-refractivity contribution is 6.35. The van der Waals surface area contributed by atoms with E-state index in [-0.39, 0.29) is 0 Å². The first-order valence-corrected chi connectivity index (χ1v) is 6.78. The number of aryl methyl sites for hydroxylation is 1. The molecule has 21 heavy (non-hydrogen) atoms. The van der Waals surface area contributed by atoms with E-state index in [1.54, 1.807) is 30.5 Å². The van der Waals surface area contributed by atoms with E-state index in [9.17, 15) is 5.26 Å². The third-order valence-electron chi connectivity index (χ3n) is 3.15. The van der Waals surface area contributed by atoms with Crippen LogP contribution in [0.5, 0.6) is 11.5 Å². The molecule has 0 saturated heterocycles. The van der Waals surface area contributed by atoms with Crippen molar-refractivity contribution in [2.75, 3.05) is 0 Å². The highest BCUT2D eigenvalue weighted by Gasteiger charge is 2.10. The van der Waals surface area contributed by atoms with Crippen LogP contribution in [0.2, 0.25) is 5.02 Å². The summed E-state index contributed by atoms with van der Waals surface area (Å²) < 4.78 is 5.88. The molecule has 3 rings (SSSR count). The highest BCUT2D eigenvalue weighted by Crippen LogP contribution is 2.33. The van der Waals surface area contributed by atoms with Crippen molar-refractivity contribution in [1.29, 1.82) is 5.26 Å². The molecule has 0 spiro atoms. The molecule has 0 fully saturated rings. The Bertz CT molecular complexity index is 868. The SMILES string of the molecule is Cc1ccc(Oc2ccc(Cl)c3cccnc23)c(C#N)c1. The lowest BCUT2D eigenvalue weighted by Crippen LogP contribution is -1.91. The van der Waals surface area contributed by atoms with E-state index in [0.29, 0.717) is 27.6 Å². The highest BCUT2D eigenvalue weighted by atomic mass is 35.5. The van der Waals surface area contributed by atoms with Gasteiger partial charge in [-0.25, -0.2) is 0 Å². The maximum absolute atomic E-state index is 9.21. The molecule has 0 aliphatic rings. The lowest BCUT2D eigenvalue weighted by atomic mass is 10.1. The molecule has 3 nitrogen and oxygen atoms in total. The zero-order valence-electron chi connectivity index (χ0n) is 11.3. The van der Waals surface area contributed by atoms with E-state index in [2.05, 4.69) is 11.1 Å². The van der Waals surface area contributed by atoms with Gasteiger partial charge in [-0.05, 0) is 48.9 Å². The van der Waals surface area contributed by atoms with Gasteiger partial charge in [0.25, 0.3) is 0 Å². The number of halogens is 1. The minimum atomic E-state index is 0.494. The van der Waals surface area contributed by atoms with Crippen LogP contribution in [0.25, 0.3) is 10.9 Å². The van der Waals surface area contributed by atoms with Crippen molar-refractivity contribution < 1.29 is 4.74 Å². The summed E-state index contributed by atoms with van der Waals surface area (Å²) in [7, 11) is 0. The first-order chi connectivity index (χ1) is 10.2. The number of benzene rings is 2. The van der Waals surface area contributed by atoms with E-state index in [0.717, 1.165) is 10.9 Å². The Morgan fingerprint density at radius 1 is 1.14 bits per heavy atom. The van der Waals surface area contributed by atoms with Crippen molar-refractivity contribution >= 4 is 22.5 Å². The molecule has 3 aromatic rings. The van der Waals surface area contributed by atoms with Crippen LogP contribution >= 0.6 is 11.6 Å². The quantitative estimate of drug-likeness (QED) is 0.678. The Kier molecular flexibility index (Phi) is 3.47. The second kappa shape index (κ2) is 5.43. The van der Waals surface area contributed by atoms with Crippen LogP contribution < -0.4 is 4.74 Å². The van der Waals surface area contributed by atoms with Crippen LogP contribution in [0, 0.1) is 18.3 Å². The fourth-order valence-electron chi connectivity index (χ4n) is 2.13. The Morgan fingerprint density at radius 2 is 1.95 bits per heavy atom. The summed E-state index contributed by atoms with van der Waals surface area (Å²) >= 11 is 6.16. The predicted molar refractivity (Wildman–Crippen MR) is 82.7 cm³/mol. The lowest BCUT2D eigenvalue weighted by Gasteiger charge is -2.10. The second-order valence-electron chi connectivity index (χ2n) is 4.66. The summed E-state index contributed by atoms with van der Waals surface area (Å²) in [4.78, 5) is 4.32. The fraction of sp³-hybridized carbons (Fsp3) is 0.0588. The van der Waals surface area contributed by atoms with Gasteiger partial charge in [-0.2, -0.15) is 5.26 Å². The number of fused-ring (bicyclic) bond motifs is 1. The zero-order chi connectivity index (χ0) is 14.8. The fourth-order valence-corrected chi connectivity index (χ4v) is 2.35. The molecule has 1 aromatic heterocycles. The van der Waals surface area contributed by atoms with Gasteiger partial charge in [-0.3, -0.25) is 4.98 Å². The van der Waals surface area contributed by atoms with E-state index >= 15 is 0 Å². The van der Waals surface area contributed by atoms with Gasteiger partial charge in [0.2, 0.25) is 0 Å². The van der Waals surface area contributed by atoms with Gasteiger partial charge in [-0.15, -0.1) is 0 Å². The number of aromatic nitrogens is 1. The third-order valence-corrected chi connectivity index (χ3v) is 3.48. The molecule has 0 unspecified atom stereocenters. The molecule has 2 aromatic carbocycles. The number of rotatable bonds is 2. The molecule has 1 heterocycles. The molecule has 0 bridgehead atoms. The number of pyridine rings is 1. The van der Waals surface area contributed by atoms with Gasteiger partial charge in [0.05, 0.1) is 10.6 Å². The third kappa shape index (κ3) is 2.54. The first-order valence-electron chi connectivity index (χ1n) is 6.41. The van der Waals surface area contributed by atoms with E-state index < -0.39 is 0 Å². The largest absolute Gasteiger partial charge is 0.454 e. The average Bonchev–Trinajstić information content (AvgIpc) is 2.52. The van der Waals surface area contributed by atoms with E-state index in [1.165, 1.54) is 0 Å². The van der Waals surface area contributed by atoms with E-state index in [1.807, 2.05) is 25.1 Å². The number of nitrogens with zero attached hydrogens (tertiary/aromatic N) is 2. The Balaban J connectivity index is 2.11. The van der Waals surface area contributed by atoms with Crippen molar-refractivity contribution in [3.05, 3.63) is 64.8 Å². The van der Waals surface area contributed by atoms with Crippen molar-refractivity contribution in [3.63, 3.8) is 0 Å². The minimum Gasteiger partial charge on any atom is -0.454 e. The molecule has 0 atom stereocenters. The van der Waals surface area contributed by atoms with Gasteiger partial charge < -0.3 is 4.74 Å². The Labute approximate surface area is 127 Å². The standard InChI is InChI=1S/C17H11ClN2O/c1-11-4-6-15(12(9-11)10-19)21-16-7-5-14(18)13-3-2-8-20-17(13)16/h2-9H,1H3. The molecular weight excluding hydrogens is 284 g/mol. The molecule has 0 radical (unpaired) electrons. The summed E-state index contributed by atoms with van der Waals surface area (Å²) in [5.74, 6) is 1.09. The first kappa shape index (κ1) is 13.4. The van der Waals surface area contributed by atoms with Crippen molar-refractivity contribution in [2.24, 2.45) is 0 Å². The van der Waals surface area contributed by atoms with Crippen LogP contribution in [0.3, 0.4) is 0 Å². The Morgan fingerprint density at radius 3 is 2.76 bits per heavy atom. The smallest absolute Gasteiger partial charge is 0.153 e. The topological polar surface area (TPSA) is 45.9 Å². The van der Waals surface area contributed by atoms with Crippen LogP contribution in [0.4, 0.5) is 0 Å². The van der Waals surface area contributed by atoms with Gasteiger partial charge in [-0.1, -0.05) is 17.7 Å². The molecule has 102 valence electrons. The van der Waals surface area contributed by atoms with Gasteiger partial charge in [0.15, 0.2) is 5.75 Å². The molecular formula is C17H11ClN2O. The maximum Gasteiger partial charge on any atom is 0.153 e. The van der Waals surface area contributed by atoms with Crippen molar-refractivity contribution in [1.82, 2.24) is 4.98 Å². The van der Waals surface area contributed by atoms with Crippen LogP contribution in [0.1, 0.15) is 11.1 Å². The van der Waals surface area contributed by atoms with Gasteiger partial charge in [0.1, 0.15) is 17.3 Å². The summed E-state index contributed by atoms with van der Waals surface area (Å²) in [6.45, 7) is 1.93. The Hall–Kier alpha value is -2.57. The van der Waals surface area contributed by atoms with Crippen LogP contribution in [-0.4, -0.2) is 4.98 Å². The van der Waals surface area contributed by atoms with Crippen LogP contribution in [0.15, 0.2) is 48.7 Å². The van der Waals surface area contributed by atoms with Gasteiger partial charge in [0, 0.05) is 11.6 Å². The number of ether oxygens (including phenoxy) is 1. The van der Waals surface area contributed by atoms with Crippen molar-refractivity contribution in [2.45, 2.75) is 6.92 Å². The average molecular weight is 295 g/mol. The summed E-state index contributed by atoms with van der Waals surface area (Å²) in [6, 6.07) is 14.9. The molecule has 0 amide bonds. The molecule has 0 saturated carbocycles. The summed E-state index contributed by atoms with van der Waals surface area (Å²) in [5, 5.41) is 10.7.